The van der Waals surface area contributed by atoms with E-state index in [1.807, 2.05) is 11.4 Å². The van der Waals surface area contributed by atoms with E-state index in [2.05, 4.69) is 10.3 Å². The van der Waals surface area contributed by atoms with E-state index in [0.29, 0.717) is 15.9 Å². The number of anilines is 1. The van der Waals surface area contributed by atoms with Crippen molar-refractivity contribution in [3.05, 3.63) is 33.6 Å². The summed E-state index contributed by atoms with van der Waals surface area (Å²) in [7, 11) is 0. The molecule has 1 aliphatic carbocycles. The van der Waals surface area contributed by atoms with Crippen molar-refractivity contribution in [3.8, 4) is 10.6 Å². The highest BCUT2D eigenvalue weighted by Crippen LogP contribution is 2.33. The lowest BCUT2D eigenvalue weighted by atomic mass is 10.2. The van der Waals surface area contributed by atoms with Gasteiger partial charge in [0.1, 0.15) is 10.8 Å². The van der Waals surface area contributed by atoms with Crippen LogP contribution in [0.25, 0.3) is 10.6 Å². The number of carbonyl (C=O) groups is 1. The fourth-order valence-electron chi connectivity index (χ4n) is 1.67. The molecule has 3 rings (SSSR count). The van der Waals surface area contributed by atoms with E-state index >= 15 is 0 Å². The Hall–Kier alpha value is -1.10. The van der Waals surface area contributed by atoms with E-state index < -0.39 is 0 Å². The monoisotopic (exact) mass is 312 g/mol. The summed E-state index contributed by atoms with van der Waals surface area (Å²) in [5, 5.41) is 6.48. The first kappa shape index (κ1) is 12.9. The van der Waals surface area contributed by atoms with Crippen molar-refractivity contribution in [1.82, 2.24) is 4.98 Å². The Morgan fingerprint density at radius 2 is 2.11 bits per heavy atom. The van der Waals surface area contributed by atoms with E-state index in [1.165, 1.54) is 11.3 Å². The van der Waals surface area contributed by atoms with E-state index in [1.54, 1.807) is 12.1 Å². The van der Waals surface area contributed by atoms with Gasteiger partial charge in [0.2, 0.25) is 5.91 Å². The summed E-state index contributed by atoms with van der Waals surface area (Å²) in [6, 6.07) is 5.37. The number of nitrogens with one attached hydrogen (secondary N) is 1. The molecule has 6 heteroatoms. The minimum absolute atomic E-state index is 0.0611. The fraction of sp³-hybridized carbons (Fsp3) is 0.231. The SMILES string of the molecule is O=C(Nc1csc(-c2ccc(Cl)c(Cl)c2)n1)C1CC1. The number of nitrogens with zero attached hydrogens (tertiary/aromatic N) is 1. The minimum atomic E-state index is 0.0611. The van der Waals surface area contributed by atoms with Crippen LogP contribution in [0.15, 0.2) is 23.6 Å². The molecular formula is C13H10Cl2N2OS. The third kappa shape index (κ3) is 2.91. The predicted octanol–water partition coefficient (Wildman–Crippen LogP) is 4.47. The molecule has 1 aromatic carbocycles. The van der Waals surface area contributed by atoms with Crippen molar-refractivity contribution in [2.24, 2.45) is 5.92 Å². The highest BCUT2D eigenvalue weighted by atomic mass is 35.5. The molecule has 0 bridgehead atoms. The summed E-state index contributed by atoms with van der Waals surface area (Å²) in [6.07, 6.45) is 1.96. The molecule has 0 aliphatic heterocycles. The molecule has 1 aliphatic rings. The van der Waals surface area contributed by atoms with Crippen LogP contribution in [-0.2, 0) is 4.79 Å². The molecule has 0 saturated heterocycles. The lowest BCUT2D eigenvalue weighted by molar-refractivity contribution is -0.117. The maximum atomic E-state index is 11.6. The number of benzene rings is 1. The third-order valence-corrected chi connectivity index (χ3v) is 4.50. The molecule has 19 heavy (non-hydrogen) atoms. The van der Waals surface area contributed by atoms with E-state index in [-0.39, 0.29) is 11.8 Å². The average Bonchev–Trinajstić information content (AvgIpc) is 3.14. The minimum Gasteiger partial charge on any atom is -0.310 e. The van der Waals surface area contributed by atoms with Crippen molar-refractivity contribution >= 4 is 46.3 Å². The maximum Gasteiger partial charge on any atom is 0.228 e. The van der Waals surface area contributed by atoms with Crippen LogP contribution >= 0.6 is 34.5 Å². The standard InChI is InChI=1S/C13H10Cl2N2OS/c14-9-4-3-8(5-10(9)15)13-17-11(6-19-13)16-12(18)7-1-2-7/h3-7H,1-2H2,(H,16,18). The molecule has 0 spiro atoms. The molecule has 0 atom stereocenters. The maximum absolute atomic E-state index is 11.6. The van der Waals surface area contributed by atoms with Crippen molar-refractivity contribution in [2.45, 2.75) is 12.8 Å². The topological polar surface area (TPSA) is 42.0 Å². The molecule has 0 unspecified atom stereocenters. The first-order valence-electron chi connectivity index (χ1n) is 5.85. The largest absolute Gasteiger partial charge is 0.310 e. The van der Waals surface area contributed by atoms with Crippen LogP contribution < -0.4 is 5.32 Å². The molecule has 1 N–H and O–H groups in total. The van der Waals surface area contributed by atoms with Crippen molar-refractivity contribution < 1.29 is 4.79 Å². The summed E-state index contributed by atoms with van der Waals surface area (Å²) in [5.74, 6) is 0.837. The predicted molar refractivity (Wildman–Crippen MR) is 78.9 cm³/mol. The van der Waals surface area contributed by atoms with Gasteiger partial charge in [-0.1, -0.05) is 29.3 Å². The fourth-order valence-corrected chi connectivity index (χ4v) is 2.71. The van der Waals surface area contributed by atoms with Crippen LogP contribution in [0, 0.1) is 5.92 Å². The van der Waals surface area contributed by atoms with Crippen LogP contribution in [0.4, 0.5) is 5.82 Å². The second kappa shape index (κ2) is 5.12. The van der Waals surface area contributed by atoms with Gasteiger partial charge in [0, 0.05) is 16.9 Å². The third-order valence-electron chi connectivity index (χ3n) is 2.87. The number of carbonyl (C=O) groups excluding carboxylic acids is 1. The first-order valence-corrected chi connectivity index (χ1v) is 7.49. The highest BCUT2D eigenvalue weighted by molar-refractivity contribution is 7.13. The van der Waals surface area contributed by atoms with Gasteiger partial charge in [-0.25, -0.2) is 4.98 Å². The van der Waals surface area contributed by atoms with Gasteiger partial charge in [-0.3, -0.25) is 4.79 Å². The molecular weight excluding hydrogens is 303 g/mol. The van der Waals surface area contributed by atoms with Crippen molar-refractivity contribution in [3.63, 3.8) is 0 Å². The first-order chi connectivity index (χ1) is 9.13. The molecule has 1 fully saturated rings. The van der Waals surface area contributed by atoms with Gasteiger partial charge in [-0.2, -0.15) is 0 Å². The van der Waals surface area contributed by atoms with Gasteiger partial charge < -0.3 is 5.32 Å². The number of rotatable bonds is 3. The number of halogens is 2. The molecule has 0 radical (unpaired) electrons. The van der Waals surface area contributed by atoms with Crippen LogP contribution in [0.3, 0.4) is 0 Å². The Morgan fingerprint density at radius 3 is 2.79 bits per heavy atom. The second-order valence-corrected chi connectivity index (χ2v) is 6.10. The Labute approximate surface area is 124 Å². The average molecular weight is 313 g/mol. The Balaban J connectivity index is 1.79. The molecule has 2 aromatic rings. The summed E-state index contributed by atoms with van der Waals surface area (Å²) >= 11 is 13.3. The van der Waals surface area contributed by atoms with Crippen LogP contribution in [0.2, 0.25) is 10.0 Å². The number of thiazole rings is 1. The second-order valence-electron chi connectivity index (χ2n) is 4.43. The van der Waals surface area contributed by atoms with Crippen molar-refractivity contribution in [2.75, 3.05) is 5.32 Å². The Bertz CT molecular complexity index is 637. The molecule has 1 aromatic heterocycles. The van der Waals surface area contributed by atoms with E-state index in [9.17, 15) is 4.79 Å². The molecule has 3 nitrogen and oxygen atoms in total. The molecule has 1 heterocycles. The Kier molecular flexibility index (Phi) is 3.48. The zero-order chi connectivity index (χ0) is 13.4. The quantitative estimate of drug-likeness (QED) is 0.908. The summed E-state index contributed by atoms with van der Waals surface area (Å²) < 4.78 is 0. The van der Waals surface area contributed by atoms with Gasteiger partial charge in [0.15, 0.2) is 0 Å². The van der Waals surface area contributed by atoms with Gasteiger partial charge in [0.25, 0.3) is 0 Å². The zero-order valence-electron chi connectivity index (χ0n) is 9.82. The van der Waals surface area contributed by atoms with Crippen LogP contribution in [0.1, 0.15) is 12.8 Å². The lowest BCUT2D eigenvalue weighted by Gasteiger charge is -2.00. The van der Waals surface area contributed by atoms with Crippen LogP contribution in [0.5, 0.6) is 0 Å². The van der Waals surface area contributed by atoms with E-state index in [4.69, 9.17) is 23.2 Å². The molecule has 1 saturated carbocycles. The van der Waals surface area contributed by atoms with E-state index in [0.717, 1.165) is 23.4 Å². The summed E-state index contributed by atoms with van der Waals surface area (Å²) in [5.41, 5.74) is 0.895. The van der Waals surface area contributed by atoms with Gasteiger partial charge >= 0.3 is 0 Å². The highest BCUT2D eigenvalue weighted by Gasteiger charge is 2.29. The normalized spacial score (nSPS) is 14.4. The number of amides is 1. The van der Waals surface area contributed by atoms with Crippen LogP contribution in [-0.4, -0.2) is 10.9 Å². The number of aromatic nitrogens is 1. The van der Waals surface area contributed by atoms with Crippen molar-refractivity contribution in [1.29, 1.82) is 0 Å². The number of hydrogen-bond acceptors (Lipinski definition) is 3. The number of hydrogen-bond donors (Lipinski definition) is 1. The van der Waals surface area contributed by atoms with Gasteiger partial charge in [-0.05, 0) is 25.0 Å². The molecule has 98 valence electrons. The Morgan fingerprint density at radius 1 is 1.32 bits per heavy atom. The zero-order valence-corrected chi connectivity index (χ0v) is 12.1. The molecule has 1 amide bonds. The summed E-state index contributed by atoms with van der Waals surface area (Å²) in [4.78, 5) is 16.0. The smallest absolute Gasteiger partial charge is 0.228 e. The summed E-state index contributed by atoms with van der Waals surface area (Å²) in [6.45, 7) is 0. The van der Waals surface area contributed by atoms with Gasteiger partial charge in [0.05, 0.1) is 10.0 Å². The van der Waals surface area contributed by atoms with Gasteiger partial charge in [-0.15, -0.1) is 11.3 Å². The lowest BCUT2D eigenvalue weighted by Crippen LogP contribution is -2.13.